The van der Waals surface area contributed by atoms with Gasteiger partial charge in [0, 0.05) is 25.4 Å². The number of carbonyl (C=O) groups is 3. The van der Waals surface area contributed by atoms with E-state index in [1.807, 2.05) is 6.92 Å². The van der Waals surface area contributed by atoms with Crippen LogP contribution in [0, 0.1) is 0 Å². The van der Waals surface area contributed by atoms with Crippen LogP contribution in [-0.2, 0) is 9.59 Å². The van der Waals surface area contributed by atoms with Crippen molar-refractivity contribution in [3.63, 3.8) is 0 Å². The van der Waals surface area contributed by atoms with Crippen molar-refractivity contribution in [1.29, 1.82) is 0 Å². The van der Waals surface area contributed by atoms with Crippen molar-refractivity contribution in [3.05, 3.63) is 0 Å². The molecule has 1 atom stereocenters. The molecule has 18 heavy (non-hydrogen) atoms. The average Bonchev–Trinajstić information content (AvgIpc) is 2.23. The van der Waals surface area contributed by atoms with E-state index >= 15 is 0 Å². The number of nitrogens with one attached hydrogen (secondary N) is 2. The van der Waals surface area contributed by atoms with Gasteiger partial charge in [0.15, 0.2) is 0 Å². The Morgan fingerprint density at radius 3 is 2.44 bits per heavy atom. The third-order valence-corrected chi connectivity index (χ3v) is 2.29. The molecule has 0 aromatic rings. The highest BCUT2D eigenvalue weighted by Crippen LogP contribution is 2.00. The van der Waals surface area contributed by atoms with Gasteiger partial charge in [-0.25, -0.2) is 4.79 Å². The van der Waals surface area contributed by atoms with Crippen LogP contribution in [0.4, 0.5) is 4.79 Å². The maximum absolute atomic E-state index is 11.3. The highest BCUT2D eigenvalue weighted by Gasteiger charge is 2.07. The summed E-state index contributed by atoms with van der Waals surface area (Å²) in [6.45, 7) is 2.20. The SMILES string of the molecule is CC(CCCC(=O)O)NC(=O)NCCCC(N)=O. The summed E-state index contributed by atoms with van der Waals surface area (Å²) in [5.41, 5.74) is 4.95. The van der Waals surface area contributed by atoms with Crippen LogP contribution in [0.15, 0.2) is 0 Å². The summed E-state index contributed by atoms with van der Waals surface area (Å²) in [7, 11) is 0. The van der Waals surface area contributed by atoms with Crippen LogP contribution in [0.1, 0.15) is 39.0 Å². The first-order valence-corrected chi connectivity index (χ1v) is 5.96. The normalized spacial score (nSPS) is 11.6. The van der Waals surface area contributed by atoms with Crippen molar-refractivity contribution < 1.29 is 19.5 Å². The highest BCUT2D eigenvalue weighted by molar-refractivity contribution is 5.75. The average molecular weight is 259 g/mol. The molecule has 0 saturated carbocycles. The first kappa shape index (κ1) is 16.2. The molecule has 7 heteroatoms. The molecule has 0 saturated heterocycles. The molecule has 1 unspecified atom stereocenters. The zero-order valence-electron chi connectivity index (χ0n) is 10.6. The largest absolute Gasteiger partial charge is 0.481 e. The van der Waals surface area contributed by atoms with Gasteiger partial charge in [0.05, 0.1) is 0 Å². The smallest absolute Gasteiger partial charge is 0.314 e. The number of amides is 3. The summed E-state index contributed by atoms with van der Waals surface area (Å²) in [5, 5.41) is 13.7. The number of carbonyl (C=O) groups excluding carboxylic acids is 2. The van der Waals surface area contributed by atoms with Crippen molar-refractivity contribution in [2.45, 2.75) is 45.1 Å². The second-order valence-corrected chi connectivity index (χ2v) is 4.16. The van der Waals surface area contributed by atoms with Crippen molar-refractivity contribution in [2.24, 2.45) is 5.73 Å². The van der Waals surface area contributed by atoms with E-state index in [4.69, 9.17) is 10.8 Å². The lowest BCUT2D eigenvalue weighted by atomic mass is 10.1. The van der Waals surface area contributed by atoms with Gasteiger partial charge in [-0.1, -0.05) is 0 Å². The van der Waals surface area contributed by atoms with E-state index in [-0.39, 0.29) is 30.8 Å². The molecule has 0 aliphatic carbocycles. The zero-order valence-corrected chi connectivity index (χ0v) is 10.6. The molecule has 0 rings (SSSR count). The van der Waals surface area contributed by atoms with Gasteiger partial charge in [-0.05, 0) is 26.2 Å². The summed E-state index contributed by atoms with van der Waals surface area (Å²) < 4.78 is 0. The molecular formula is C11H21N3O4. The third-order valence-electron chi connectivity index (χ3n) is 2.29. The van der Waals surface area contributed by atoms with Crippen molar-refractivity contribution in [2.75, 3.05) is 6.54 Å². The molecule has 0 aliphatic heterocycles. The number of hydrogen-bond donors (Lipinski definition) is 4. The lowest BCUT2D eigenvalue weighted by Crippen LogP contribution is -2.41. The molecule has 0 bridgehead atoms. The Hall–Kier alpha value is -1.79. The summed E-state index contributed by atoms with van der Waals surface area (Å²) in [5.74, 6) is -1.22. The first-order valence-electron chi connectivity index (χ1n) is 5.96. The second kappa shape index (κ2) is 9.26. The molecule has 5 N–H and O–H groups in total. The number of carboxylic acids is 1. The summed E-state index contributed by atoms with van der Waals surface area (Å²) in [6, 6.07) is -0.400. The van der Waals surface area contributed by atoms with E-state index in [0.29, 0.717) is 25.8 Å². The molecule has 0 radical (unpaired) electrons. The van der Waals surface area contributed by atoms with Crippen LogP contribution in [0.3, 0.4) is 0 Å². The van der Waals surface area contributed by atoms with Crippen LogP contribution in [0.2, 0.25) is 0 Å². The molecule has 0 spiro atoms. The van der Waals surface area contributed by atoms with E-state index in [9.17, 15) is 14.4 Å². The molecular weight excluding hydrogens is 238 g/mol. The van der Waals surface area contributed by atoms with Gasteiger partial charge in [-0.2, -0.15) is 0 Å². The van der Waals surface area contributed by atoms with Crippen molar-refractivity contribution >= 4 is 17.9 Å². The molecule has 0 aromatic carbocycles. The molecule has 3 amide bonds. The lowest BCUT2D eigenvalue weighted by Gasteiger charge is -2.13. The highest BCUT2D eigenvalue weighted by atomic mass is 16.4. The van der Waals surface area contributed by atoms with Crippen molar-refractivity contribution in [3.8, 4) is 0 Å². The van der Waals surface area contributed by atoms with Gasteiger partial charge in [0.25, 0.3) is 0 Å². The van der Waals surface area contributed by atoms with Crippen LogP contribution in [0.5, 0.6) is 0 Å². The second-order valence-electron chi connectivity index (χ2n) is 4.16. The fourth-order valence-corrected chi connectivity index (χ4v) is 1.37. The van der Waals surface area contributed by atoms with Crippen LogP contribution < -0.4 is 16.4 Å². The zero-order chi connectivity index (χ0) is 14.0. The first-order chi connectivity index (χ1) is 8.41. The summed E-state index contributed by atoms with van der Waals surface area (Å²) in [6.07, 6.45) is 2.00. The number of primary amides is 1. The predicted octanol–water partition coefficient (Wildman–Crippen LogP) is 0.195. The Balaban J connectivity index is 3.54. The van der Waals surface area contributed by atoms with Gasteiger partial charge in [-0.3, -0.25) is 9.59 Å². The van der Waals surface area contributed by atoms with E-state index in [2.05, 4.69) is 10.6 Å². The number of urea groups is 1. The van der Waals surface area contributed by atoms with E-state index < -0.39 is 5.97 Å². The van der Waals surface area contributed by atoms with E-state index in [1.165, 1.54) is 0 Å². The molecule has 104 valence electrons. The fourth-order valence-electron chi connectivity index (χ4n) is 1.37. The standard InChI is InChI=1S/C11H21N3O4/c1-8(4-2-6-10(16)17)14-11(18)13-7-3-5-9(12)15/h8H,2-7H2,1H3,(H2,12,15)(H,16,17)(H2,13,14,18). The van der Waals surface area contributed by atoms with Crippen LogP contribution >= 0.6 is 0 Å². The number of rotatable bonds is 9. The Bertz CT molecular complexity index is 294. The molecule has 0 fully saturated rings. The minimum Gasteiger partial charge on any atom is -0.481 e. The van der Waals surface area contributed by atoms with Crippen molar-refractivity contribution in [1.82, 2.24) is 10.6 Å². The van der Waals surface area contributed by atoms with Crippen LogP contribution in [-0.4, -0.2) is 35.6 Å². The topological polar surface area (TPSA) is 122 Å². The Morgan fingerprint density at radius 2 is 1.89 bits per heavy atom. The predicted molar refractivity (Wildman–Crippen MR) is 65.9 cm³/mol. The van der Waals surface area contributed by atoms with E-state index in [0.717, 1.165) is 0 Å². The monoisotopic (exact) mass is 259 g/mol. The Labute approximate surface area is 106 Å². The maximum atomic E-state index is 11.3. The summed E-state index contributed by atoms with van der Waals surface area (Å²) >= 11 is 0. The molecule has 7 nitrogen and oxygen atoms in total. The lowest BCUT2D eigenvalue weighted by molar-refractivity contribution is -0.137. The number of nitrogens with two attached hydrogens (primary N) is 1. The quantitative estimate of drug-likeness (QED) is 0.442. The minimum absolute atomic E-state index is 0.0829. The van der Waals surface area contributed by atoms with Crippen LogP contribution in [0.25, 0.3) is 0 Å². The molecule has 0 aliphatic rings. The summed E-state index contributed by atoms with van der Waals surface area (Å²) in [4.78, 5) is 32.1. The molecule has 0 heterocycles. The van der Waals surface area contributed by atoms with Gasteiger partial charge in [-0.15, -0.1) is 0 Å². The number of aliphatic carboxylic acids is 1. The minimum atomic E-state index is -0.835. The Morgan fingerprint density at radius 1 is 1.22 bits per heavy atom. The Kier molecular flexibility index (Phi) is 8.34. The van der Waals surface area contributed by atoms with Gasteiger partial charge in [0.2, 0.25) is 5.91 Å². The third kappa shape index (κ3) is 10.7. The van der Waals surface area contributed by atoms with Gasteiger partial charge in [0.1, 0.15) is 0 Å². The number of hydrogen-bond acceptors (Lipinski definition) is 3. The fraction of sp³-hybridized carbons (Fsp3) is 0.727. The van der Waals surface area contributed by atoms with Gasteiger partial charge >= 0.3 is 12.0 Å². The number of carboxylic acid groups (broad SMARTS) is 1. The van der Waals surface area contributed by atoms with Gasteiger partial charge < -0.3 is 21.5 Å². The molecule has 0 aromatic heterocycles. The van der Waals surface area contributed by atoms with E-state index in [1.54, 1.807) is 0 Å². The maximum Gasteiger partial charge on any atom is 0.314 e.